The first-order valence-electron chi connectivity index (χ1n) is 9.06. The third-order valence-corrected chi connectivity index (χ3v) is 6.50. The Hall–Kier alpha value is -2.98. The number of nitro groups is 1. The summed E-state index contributed by atoms with van der Waals surface area (Å²) in [4.78, 5) is 22.6. The van der Waals surface area contributed by atoms with E-state index in [1.165, 1.54) is 16.4 Å². The highest BCUT2D eigenvalue weighted by atomic mass is 32.2. The molecule has 0 bridgehead atoms. The molecule has 1 saturated heterocycles. The van der Waals surface area contributed by atoms with Gasteiger partial charge in [-0.15, -0.1) is 0 Å². The molecule has 0 saturated carbocycles. The standard InChI is InChI=1S/C19H21N3O6S/c1-14-6-2-3-7-16(14)20-19(23)13-28-18-9-8-15(12-17(18)22(24)25)29(26,27)21-10-4-5-11-21/h2-3,6-9,12H,4-5,10-11,13H2,1H3,(H,20,23). The van der Waals surface area contributed by atoms with Gasteiger partial charge >= 0.3 is 5.69 Å². The van der Waals surface area contributed by atoms with Crippen molar-refractivity contribution < 1.29 is 22.9 Å². The van der Waals surface area contributed by atoms with Crippen LogP contribution in [0.15, 0.2) is 47.4 Å². The predicted octanol–water partition coefficient (Wildman–Crippen LogP) is 2.71. The average molecular weight is 419 g/mol. The number of para-hydroxylation sites is 1. The van der Waals surface area contributed by atoms with Gasteiger partial charge in [-0.2, -0.15) is 4.31 Å². The summed E-state index contributed by atoms with van der Waals surface area (Å²) >= 11 is 0. The molecule has 0 aromatic heterocycles. The number of ether oxygens (including phenoxy) is 1. The van der Waals surface area contributed by atoms with Crippen molar-refractivity contribution in [2.45, 2.75) is 24.7 Å². The highest BCUT2D eigenvalue weighted by Gasteiger charge is 2.30. The van der Waals surface area contributed by atoms with Crippen LogP contribution in [0, 0.1) is 17.0 Å². The van der Waals surface area contributed by atoms with Crippen molar-refractivity contribution in [1.82, 2.24) is 4.31 Å². The summed E-state index contributed by atoms with van der Waals surface area (Å²) in [5.41, 5.74) is 0.972. The lowest BCUT2D eigenvalue weighted by Gasteiger charge is -2.16. The fourth-order valence-electron chi connectivity index (χ4n) is 3.04. The van der Waals surface area contributed by atoms with Crippen LogP contribution in [0.1, 0.15) is 18.4 Å². The largest absolute Gasteiger partial charge is 0.477 e. The maximum absolute atomic E-state index is 12.6. The fraction of sp³-hybridized carbons (Fsp3) is 0.316. The second-order valence-corrected chi connectivity index (χ2v) is 8.59. The van der Waals surface area contributed by atoms with Crippen LogP contribution in [0.3, 0.4) is 0 Å². The maximum atomic E-state index is 12.6. The zero-order valence-electron chi connectivity index (χ0n) is 15.8. The minimum atomic E-state index is -3.79. The van der Waals surface area contributed by atoms with Crippen molar-refractivity contribution in [1.29, 1.82) is 0 Å². The first kappa shape index (κ1) is 20.7. The Balaban J connectivity index is 1.75. The second-order valence-electron chi connectivity index (χ2n) is 6.65. The Bertz CT molecular complexity index is 1030. The number of anilines is 1. The van der Waals surface area contributed by atoms with Crippen molar-refractivity contribution in [3.05, 3.63) is 58.1 Å². The van der Waals surface area contributed by atoms with Gasteiger partial charge in [-0.25, -0.2) is 8.42 Å². The molecule has 2 aromatic carbocycles. The average Bonchev–Trinajstić information content (AvgIpc) is 3.23. The predicted molar refractivity (Wildman–Crippen MR) is 106 cm³/mol. The number of carbonyl (C=O) groups excluding carboxylic acids is 1. The fourth-order valence-corrected chi connectivity index (χ4v) is 4.58. The molecule has 0 aliphatic carbocycles. The molecule has 1 amide bonds. The molecule has 1 heterocycles. The molecule has 0 atom stereocenters. The minimum absolute atomic E-state index is 0.164. The minimum Gasteiger partial charge on any atom is -0.477 e. The molecule has 1 fully saturated rings. The van der Waals surface area contributed by atoms with Crippen LogP contribution < -0.4 is 10.1 Å². The molecular formula is C19H21N3O6S. The highest BCUT2D eigenvalue weighted by molar-refractivity contribution is 7.89. The normalized spacial score (nSPS) is 14.5. The van der Waals surface area contributed by atoms with Crippen molar-refractivity contribution >= 4 is 27.3 Å². The molecule has 1 N–H and O–H groups in total. The van der Waals surface area contributed by atoms with Crippen LogP contribution in [0.25, 0.3) is 0 Å². The van der Waals surface area contributed by atoms with E-state index in [9.17, 15) is 23.3 Å². The van der Waals surface area contributed by atoms with Gasteiger partial charge in [0.05, 0.1) is 9.82 Å². The van der Waals surface area contributed by atoms with Crippen LogP contribution in [-0.2, 0) is 14.8 Å². The van der Waals surface area contributed by atoms with Gasteiger partial charge < -0.3 is 10.1 Å². The highest BCUT2D eigenvalue weighted by Crippen LogP contribution is 2.31. The third-order valence-electron chi connectivity index (χ3n) is 4.61. The van der Waals surface area contributed by atoms with Crippen LogP contribution in [0.2, 0.25) is 0 Å². The lowest BCUT2D eigenvalue weighted by molar-refractivity contribution is -0.386. The van der Waals surface area contributed by atoms with Crippen molar-refractivity contribution in [2.75, 3.05) is 25.0 Å². The van der Waals surface area contributed by atoms with E-state index >= 15 is 0 Å². The number of aryl methyl sites for hydroxylation is 1. The van der Waals surface area contributed by atoms with Gasteiger partial charge in [0.25, 0.3) is 5.91 Å². The summed E-state index contributed by atoms with van der Waals surface area (Å²) in [5.74, 6) is -0.655. The molecule has 9 nitrogen and oxygen atoms in total. The molecule has 0 unspecified atom stereocenters. The van der Waals surface area contributed by atoms with Gasteiger partial charge in [0, 0.05) is 24.8 Å². The summed E-state index contributed by atoms with van der Waals surface area (Å²) in [6.07, 6.45) is 1.52. The molecule has 1 aliphatic heterocycles. The summed E-state index contributed by atoms with van der Waals surface area (Å²) < 4.78 is 31.9. The van der Waals surface area contributed by atoms with Gasteiger partial charge in [-0.05, 0) is 43.5 Å². The summed E-state index contributed by atoms with van der Waals surface area (Å²) in [6, 6.07) is 10.6. The van der Waals surface area contributed by atoms with Crippen LogP contribution in [0.4, 0.5) is 11.4 Å². The van der Waals surface area contributed by atoms with E-state index in [4.69, 9.17) is 4.74 Å². The Labute approximate surface area is 168 Å². The van der Waals surface area contributed by atoms with Gasteiger partial charge in [0.2, 0.25) is 10.0 Å². The molecule has 3 rings (SSSR count). The van der Waals surface area contributed by atoms with Crippen LogP contribution in [0.5, 0.6) is 5.75 Å². The lowest BCUT2D eigenvalue weighted by atomic mass is 10.2. The number of nitro benzene ring substituents is 1. The smallest absolute Gasteiger partial charge is 0.312 e. The maximum Gasteiger partial charge on any atom is 0.312 e. The Kier molecular flexibility index (Phi) is 6.14. The quantitative estimate of drug-likeness (QED) is 0.544. The molecule has 0 radical (unpaired) electrons. The Morgan fingerprint density at radius 3 is 2.55 bits per heavy atom. The molecule has 154 valence electrons. The van der Waals surface area contributed by atoms with E-state index in [0.717, 1.165) is 24.5 Å². The monoisotopic (exact) mass is 419 g/mol. The Morgan fingerprint density at radius 2 is 1.90 bits per heavy atom. The number of sulfonamides is 1. The number of hydrogen-bond acceptors (Lipinski definition) is 6. The topological polar surface area (TPSA) is 119 Å². The lowest BCUT2D eigenvalue weighted by Crippen LogP contribution is -2.28. The van der Waals surface area contributed by atoms with Crippen molar-refractivity contribution in [2.24, 2.45) is 0 Å². The van der Waals surface area contributed by atoms with Crippen molar-refractivity contribution in [3.63, 3.8) is 0 Å². The molecule has 10 heteroatoms. The van der Waals surface area contributed by atoms with Crippen LogP contribution in [-0.4, -0.2) is 43.2 Å². The number of nitrogens with zero attached hydrogens (tertiary/aromatic N) is 2. The van der Waals surface area contributed by atoms with E-state index in [1.54, 1.807) is 12.1 Å². The van der Waals surface area contributed by atoms with Gasteiger partial charge in [-0.1, -0.05) is 18.2 Å². The van der Waals surface area contributed by atoms with Crippen molar-refractivity contribution in [3.8, 4) is 5.75 Å². The number of benzene rings is 2. The van der Waals surface area contributed by atoms with E-state index < -0.39 is 33.1 Å². The zero-order valence-corrected chi connectivity index (χ0v) is 16.6. The van der Waals surface area contributed by atoms with E-state index in [2.05, 4.69) is 5.32 Å². The van der Waals surface area contributed by atoms with E-state index in [-0.39, 0.29) is 10.6 Å². The summed E-state index contributed by atoms with van der Waals surface area (Å²) in [5, 5.41) is 14.1. The van der Waals surface area contributed by atoms with E-state index in [1.807, 2.05) is 19.1 Å². The molecule has 2 aromatic rings. The number of rotatable bonds is 7. The zero-order chi connectivity index (χ0) is 21.0. The number of carbonyl (C=O) groups is 1. The Morgan fingerprint density at radius 1 is 1.21 bits per heavy atom. The van der Waals surface area contributed by atoms with Gasteiger partial charge in [-0.3, -0.25) is 14.9 Å². The molecule has 1 aliphatic rings. The first-order chi connectivity index (χ1) is 13.8. The molecular weight excluding hydrogens is 398 g/mol. The summed E-state index contributed by atoms with van der Waals surface area (Å²) in [7, 11) is -3.79. The summed E-state index contributed by atoms with van der Waals surface area (Å²) in [6.45, 7) is 2.18. The number of nitrogens with one attached hydrogen (secondary N) is 1. The molecule has 0 spiro atoms. The van der Waals surface area contributed by atoms with Crippen LogP contribution >= 0.6 is 0 Å². The second kappa shape index (κ2) is 8.58. The number of hydrogen-bond donors (Lipinski definition) is 1. The number of amides is 1. The van der Waals surface area contributed by atoms with Gasteiger partial charge in [0.15, 0.2) is 12.4 Å². The first-order valence-corrected chi connectivity index (χ1v) is 10.5. The molecule has 29 heavy (non-hydrogen) atoms. The van der Waals surface area contributed by atoms with E-state index in [0.29, 0.717) is 18.8 Å². The third kappa shape index (κ3) is 4.72. The SMILES string of the molecule is Cc1ccccc1NC(=O)COc1ccc(S(=O)(=O)N2CCCC2)cc1[N+](=O)[O-]. The van der Waals surface area contributed by atoms with Gasteiger partial charge in [0.1, 0.15) is 0 Å².